The molecule has 1 saturated carbocycles. The third-order valence-corrected chi connectivity index (χ3v) is 3.86. The summed E-state index contributed by atoms with van der Waals surface area (Å²) in [5.74, 6) is 1.02. The molecule has 0 radical (unpaired) electrons. The second-order valence-electron chi connectivity index (χ2n) is 4.80. The van der Waals surface area contributed by atoms with E-state index in [0.717, 1.165) is 17.9 Å². The zero-order chi connectivity index (χ0) is 11.7. The van der Waals surface area contributed by atoms with Crippen molar-refractivity contribution in [2.45, 2.75) is 32.2 Å². The van der Waals surface area contributed by atoms with Crippen LogP contribution >= 0.6 is 11.6 Å². The molecule has 1 aromatic rings. The Labute approximate surface area is 101 Å². The second-order valence-corrected chi connectivity index (χ2v) is 5.21. The molecule has 1 aliphatic rings. The van der Waals surface area contributed by atoms with Crippen molar-refractivity contribution in [2.75, 3.05) is 0 Å². The van der Waals surface area contributed by atoms with Crippen LogP contribution in [0.5, 0.6) is 0 Å². The Morgan fingerprint density at radius 2 is 2.19 bits per heavy atom. The first-order valence-electron chi connectivity index (χ1n) is 5.77. The fourth-order valence-corrected chi connectivity index (χ4v) is 2.34. The van der Waals surface area contributed by atoms with Crippen LogP contribution in [0, 0.1) is 17.7 Å². The lowest BCUT2D eigenvalue weighted by molar-refractivity contribution is 0.404. The van der Waals surface area contributed by atoms with Gasteiger partial charge in [-0.25, -0.2) is 4.39 Å². The lowest BCUT2D eigenvalue weighted by Crippen LogP contribution is -2.31. The van der Waals surface area contributed by atoms with Gasteiger partial charge in [0.25, 0.3) is 0 Å². The Hall–Kier alpha value is -0.600. The van der Waals surface area contributed by atoms with Crippen LogP contribution in [-0.2, 0) is 6.42 Å². The maximum absolute atomic E-state index is 12.9. The Morgan fingerprint density at radius 1 is 1.50 bits per heavy atom. The number of rotatable bonds is 4. The summed E-state index contributed by atoms with van der Waals surface area (Å²) in [6.45, 7) is 2.19. The normalized spacial score (nSPS) is 19.5. The minimum absolute atomic E-state index is 0.121. The van der Waals surface area contributed by atoms with Crippen molar-refractivity contribution in [2.24, 2.45) is 17.6 Å². The van der Waals surface area contributed by atoms with Crippen LogP contribution in [0.2, 0.25) is 5.02 Å². The minimum atomic E-state index is -0.294. The van der Waals surface area contributed by atoms with Crippen LogP contribution in [0.3, 0.4) is 0 Å². The second kappa shape index (κ2) is 4.72. The zero-order valence-corrected chi connectivity index (χ0v) is 10.2. The molecule has 1 aromatic carbocycles. The van der Waals surface area contributed by atoms with Gasteiger partial charge in [-0.2, -0.15) is 0 Å². The molecule has 1 fully saturated rings. The number of hydrogen-bond acceptors (Lipinski definition) is 1. The number of halogens is 2. The first-order chi connectivity index (χ1) is 7.58. The largest absolute Gasteiger partial charge is 0.327 e. The number of hydrogen-bond donors (Lipinski definition) is 1. The molecule has 3 heteroatoms. The highest BCUT2D eigenvalue weighted by molar-refractivity contribution is 6.31. The molecule has 0 aliphatic heterocycles. The molecule has 2 unspecified atom stereocenters. The molecule has 16 heavy (non-hydrogen) atoms. The predicted octanol–water partition coefficient (Wildman–Crippen LogP) is 3.40. The highest BCUT2D eigenvalue weighted by Gasteiger charge is 2.31. The highest BCUT2D eigenvalue weighted by atomic mass is 35.5. The average molecular weight is 242 g/mol. The van der Waals surface area contributed by atoms with Crippen LogP contribution < -0.4 is 5.73 Å². The Balaban J connectivity index is 2.02. The molecule has 1 aliphatic carbocycles. The van der Waals surface area contributed by atoms with E-state index in [2.05, 4.69) is 6.92 Å². The van der Waals surface area contributed by atoms with Crippen molar-refractivity contribution in [1.82, 2.24) is 0 Å². The first-order valence-corrected chi connectivity index (χ1v) is 6.15. The highest BCUT2D eigenvalue weighted by Crippen LogP contribution is 2.38. The SMILES string of the molecule is CC(C(N)Cc1ccc(F)cc1Cl)C1CC1. The van der Waals surface area contributed by atoms with E-state index in [1.807, 2.05) is 0 Å². The van der Waals surface area contributed by atoms with Gasteiger partial charge in [0.15, 0.2) is 0 Å². The van der Waals surface area contributed by atoms with Crippen LogP contribution in [0.25, 0.3) is 0 Å². The molecule has 0 heterocycles. The van der Waals surface area contributed by atoms with Crippen molar-refractivity contribution in [3.8, 4) is 0 Å². The predicted molar refractivity (Wildman–Crippen MR) is 65.0 cm³/mol. The quantitative estimate of drug-likeness (QED) is 0.859. The summed E-state index contributed by atoms with van der Waals surface area (Å²) in [6.07, 6.45) is 3.33. The summed E-state index contributed by atoms with van der Waals surface area (Å²) < 4.78 is 12.9. The van der Waals surface area contributed by atoms with Crippen molar-refractivity contribution in [3.63, 3.8) is 0 Å². The topological polar surface area (TPSA) is 26.0 Å². The van der Waals surface area contributed by atoms with Crippen LogP contribution in [-0.4, -0.2) is 6.04 Å². The van der Waals surface area contributed by atoms with Crippen LogP contribution in [0.4, 0.5) is 4.39 Å². The van der Waals surface area contributed by atoms with Crippen molar-refractivity contribution in [3.05, 3.63) is 34.6 Å². The van der Waals surface area contributed by atoms with Crippen molar-refractivity contribution < 1.29 is 4.39 Å². The molecule has 1 nitrogen and oxygen atoms in total. The number of benzene rings is 1. The van der Waals surface area contributed by atoms with Gasteiger partial charge in [-0.1, -0.05) is 24.6 Å². The third-order valence-electron chi connectivity index (χ3n) is 3.51. The average Bonchev–Trinajstić information content (AvgIpc) is 3.04. The van der Waals surface area contributed by atoms with E-state index in [4.69, 9.17) is 17.3 Å². The Morgan fingerprint density at radius 3 is 2.75 bits per heavy atom. The molecule has 0 amide bonds. The molecule has 0 saturated heterocycles. The van der Waals surface area contributed by atoms with Gasteiger partial charge < -0.3 is 5.73 Å². The van der Waals surface area contributed by atoms with Gasteiger partial charge in [-0.15, -0.1) is 0 Å². The lowest BCUT2D eigenvalue weighted by atomic mass is 9.92. The van der Waals surface area contributed by atoms with E-state index in [9.17, 15) is 4.39 Å². The van der Waals surface area contributed by atoms with Crippen LogP contribution in [0.1, 0.15) is 25.3 Å². The van der Waals surface area contributed by atoms with Gasteiger partial charge in [-0.3, -0.25) is 0 Å². The summed E-state index contributed by atoms with van der Waals surface area (Å²) in [5, 5.41) is 0.485. The van der Waals surface area contributed by atoms with E-state index >= 15 is 0 Å². The summed E-state index contributed by atoms with van der Waals surface area (Å²) in [4.78, 5) is 0. The van der Waals surface area contributed by atoms with E-state index < -0.39 is 0 Å². The number of nitrogens with two attached hydrogens (primary N) is 1. The molecule has 0 bridgehead atoms. The van der Waals surface area contributed by atoms with Gasteiger partial charge >= 0.3 is 0 Å². The molecule has 2 atom stereocenters. The third kappa shape index (κ3) is 2.74. The van der Waals surface area contributed by atoms with Crippen molar-refractivity contribution in [1.29, 1.82) is 0 Å². The standard InChI is InChI=1S/C13H17ClFN/c1-8(9-2-3-9)13(16)6-10-4-5-11(15)7-12(10)14/h4-5,7-9,13H,2-3,6,16H2,1H3. The molecular formula is C13H17ClFN. The summed E-state index contributed by atoms with van der Waals surface area (Å²) >= 11 is 5.98. The van der Waals surface area contributed by atoms with E-state index in [-0.39, 0.29) is 11.9 Å². The van der Waals surface area contributed by atoms with Gasteiger partial charge in [0, 0.05) is 11.1 Å². The van der Waals surface area contributed by atoms with Gasteiger partial charge in [-0.05, 0) is 48.8 Å². The fraction of sp³-hybridized carbons (Fsp3) is 0.538. The monoisotopic (exact) mass is 241 g/mol. The molecule has 2 N–H and O–H groups in total. The van der Waals surface area contributed by atoms with E-state index in [0.29, 0.717) is 10.9 Å². The maximum atomic E-state index is 12.9. The smallest absolute Gasteiger partial charge is 0.124 e. The maximum Gasteiger partial charge on any atom is 0.124 e. The van der Waals surface area contributed by atoms with Crippen LogP contribution in [0.15, 0.2) is 18.2 Å². The molecule has 88 valence electrons. The lowest BCUT2D eigenvalue weighted by Gasteiger charge is -2.20. The Kier molecular flexibility index (Phi) is 3.50. The van der Waals surface area contributed by atoms with E-state index in [1.54, 1.807) is 6.07 Å². The summed E-state index contributed by atoms with van der Waals surface area (Å²) in [6, 6.07) is 4.65. The fourth-order valence-electron chi connectivity index (χ4n) is 2.10. The molecular weight excluding hydrogens is 225 g/mol. The zero-order valence-electron chi connectivity index (χ0n) is 9.42. The van der Waals surface area contributed by atoms with Gasteiger partial charge in [0.2, 0.25) is 0 Å². The van der Waals surface area contributed by atoms with Crippen molar-refractivity contribution >= 4 is 11.6 Å². The first kappa shape index (κ1) is 11.9. The van der Waals surface area contributed by atoms with Gasteiger partial charge in [0.1, 0.15) is 5.82 Å². The minimum Gasteiger partial charge on any atom is -0.327 e. The Bertz CT molecular complexity index is 376. The summed E-state index contributed by atoms with van der Waals surface area (Å²) in [7, 11) is 0. The van der Waals surface area contributed by atoms with E-state index in [1.165, 1.54) is 25.0 Å². The molecule has 0 aromatic heterocycles. The summed E-state index contributed by atoms with van der Waals surface area (Å²) in [5.41, 5.74) is 7.09. The molecule has 2 rings (SSSR count). The van der Waals surface area contributed by atoms with Gasteiger partial charge in [0.05, 0.1) is 0 Å². The molecule has 0 spiro atoms.